The molecule has 0 spiro atoms. The summed E-state index contributed by atoms with van der Waals surface area (Å²) in [6.45, 7) is 4.68. The molecule has 0 saturated heterocycles. The number of hydrogen-bond donors (Lipinski definition) is 2. The molecule has 1 aliphatic carbocycles. The highest BCUT2D eigenvalue weighted by atomic mass is 32.1. The van der Waals surface area contributed by atoms with Crippen LogP contribution >= 0.6 is 23.6 Å². The number of aromatic amines is 1. The van der Waals surface area contributed by atoms with Gasteiger partial charge in [-0.25, -0.2) is 0 Å². The van der Waals surface area contributed by atoms with E-state index in [1.54, 1.807) is 0 Å². The van der Waals surface area contributed by atoms with E-state index in [1.807, 2.05) is 0 Å². The second-order valence-electron chi connectivity index (χ2n) is 5.02. The molecule has 1 aliphatic rings. The van der Waals surface area contributed by atoms with Crippen molar-refractivity contribution in [3.63, 3.8) is 0 Å². The first kappa shape index (κ1) is 11.1. The normalized spacial score (nSPS) is 25.1. The van der Waals surface area contributed by atoms with Gasteiger partial charge in [0.2, 0.25) is 5.13 Å². The first-order valence-electron chi connectivity index (χ1n) is 5.37. The Morgan fingerprint density at radius 1 is 1.60 bits per heavy atom. The van der Waals surface area contributed by atoms with E-state index in [0.29, 0.717) is 11.5 Å². The standard InChI is InChI=1S/C10H17N3S2/c1-10(2)5-3-4-7(6-10)11-8-12-13-9(14)15-8/h7H,3-6H2,1-2H3,(H,11,12)(H,13,14). The molecule has 1 atom stereocenters. The molecule has 0 bridgehead atoms. The van der Waals surface area contributed by atoms with Crippen LogP contribution in [0.3, 0.4) is 0 Å². The van der Waals surface area contributed by atoms with Crippen LogP contribution in [-0.2, 0) is 0 Å². The number of H-pyrrole nitrogens is 1. The van der Waals surface area contributed by atoms with Gasteiger partial charge in [0.1, 0.15) is 0 Å². The molecule has 0 radical (unpaired) electrons. The minimum absolute atomic E-state index is 0.466. The Bertz CT molecular complexity index is 380. The predicted octanol–water partition coefficient (Wildman–Crippen LogP) is 3.58. The van der Waals surface area contributed by atoms with E-state index in [4.69, 9.17) is 12.2 Å². The molecule has 1 unspecified atom stereocenters. The third kappa shape index (κ3) is 3.01. The Balaban J connectivity index is 1.97. The van der Waals surface area contributed by atoms with Gasteiger partial charge in [-0.1, -0.05) is 31.6 Å². The van der Waals surface area contributed by atoms with E-state index < -0.39 is 0 Å². The van der Waals surface area contributed by atoms with Crippen LogP contribution in [0.2, 0.25) is 0 Å². The molecule has 3 nitrogen and oxygen atoms in total. The van der Waals surface area contributed by atoms with E-state index in [9.17, 15) is 0 Å². The van der Waals surface area contributed by atoms with Crippen LogP contribution in [0.25, 0.3) is 0 Å². The van der Waals surface area contributed by atoms with Crippen molar-refractivity contribution in [2.45, 2.75) is 45.6 Å². The number of nitrogens with one attached hydrogen (secondary N) is 2. The number of anilines is 1. The Kier molecular flexibility index (Phi) is 3.11. The monoisotopic (exact) mass is 243 g/mol. The van der Waals surface area contributed by atoms with Crippen LogP contribution in [-0.4, -0.2) is 16.2 Å². The van der Waals surface area contributed by atoms with Crippen LogP contribution in [0.15, 0.2) is 0 Å². The summed E-state index contributed by atoms with van der Waals surface area (Å²) in [5.74, 6) is 0. The fourth-order valence-electron chi connectivity index (χ4n) is 2.29. The van der Waals surface area contributed by atoms with Crippen molar-refractivity contribution in [1.82, 2.24) is 10.2 Å². The average Bonchev–Trinajstić information content (AvgIpc) is 2.49. The van der Waals surface area contributed by atoms with Gasteiger partial charge >= 0.3 is 0 Å². The minimum Gasteiger partial charge on any atom is -0.357 e. The Labute approximate surface area is 99.3 Å². The van der Waals surface area contributed by atoms with Crippen LogP contribution in [0.1, 0.15) is 39.5 Å². The van der Waals surface area contributed by atoms with Crippen LogP contribution in [0, 0.1) is 9.37 Å². The molecule has 1 aromatic heterocycles. The lowest BCUT2D eigenvalue weighted by Gasteiger charge is -2.35. The molecule has 0 aliphatic heterocycles. The first-order chi connectivity index (χ1) is 7.05. The van der Waals surface area contributed by atoms with E-state index in [-0.39, 0.29) is 0 Å². The molecular weight excluding hydrogens is 226 g/mol. The molecule has 0 aromatic carbocycles. The summed E-state index contributed by atoms with van der Waals surface area (Å²) in [5.41, 5.74) is 0.466. The minimum atomic E-state index is 0.466. The second-order valence-corrected chi connectivity index (χ2v) is 6.69. The van der Waals surface area contributed by atoms with E-state index in [1.165, 1.54) is 37.0 Å². The Hall–Kier alpha value is -0.420. The Morgan fingerprint density at radius 3 is 3.00 bits per heavy atom. The molecule has 2 rings (SSSR count). The summed E-state index contributed by atoms with van der Waals surface area (Å²) in [6.07, 6.45) is 5.11. The molecule has 1 saturated carbocycles. The molecule has 15 heavy (non-hydrogen) atoms. The molecule has 0 amide bonds. The number of aromatic nitrogens is 2. The highest BCUT2D eigenvalue weighted by molar-refractivity contribution is 7.73. The van der Waals surface area contributed by atoms with Crippen molar-refractivity contribution in [3.8, 4) is 0 Å². The van der Waals surface area contributed by atoms with Gasteiger partial charge < -0.3 is 5.32 Å². The van der Waals surface area contributed by atoms with Crippen LogP contribution in [0.4, 0.5) is 5.13 Å². The largest absolute Gasteiger partial charge is 0.357 e. The van der Waals surface area contributed by atoms with E-state index in [2.05, 4.69) is 29.4 Å². The maximum atomic E-state index is 5.01. The lowest BCUT2D eigenvalue weighted by Crippen LogP contribution is -2.31. The molecule has 1 heterocycles. The zero-order valence-corrected chi connectivity index (χ0v) is 10.8. The van der Waals surface area contributed by atoms with E-state index >= 15 is 0 Å². The first-order valence-corrected chi connectivity index (χ1v) is 6.60. The fraction of sp³-hybridized carbons (Fsp3) is 0.800. The van der Waals surface area contributed by atoms with Crippen molar-refractivity contribution in [2.75, 3.05) is 5.32 Å². The summed E-state index contributed by atoms with van der Waals surface area (Å²) in [5, 5.41) is 11.3. The summed E-state index contributed by atoms with van der Waals surface area (Å²) in [7, 11) is 0. The van der Waals surface area contributed by atoms with Crippen molar-refractivity contribution >= 4 is 28.7 Å². The summed E-state index contributed by atoms with van der Waals surface area (Å²) < 4.78 is 0.743. The van der Waals surface area contributed by atoms with Gasteiger partial charge in [-0.15, -0.1) is 5.10 Å². The molecule has 1 fully saturated rings. The van der Waals surface area contributed by atoms with Crippen molar-refractivity contribution in [2.24, 2.45) is 5.41 Å². The third-order valence-electron chi connectivity index (χ3n) is 2.97. The van der Waals surface area contributed by atoms with Crippen molar-refractivity contribution < 1.29 is 0 Å². The van der Waals surface area contributed by atoms with Crippen molar-refractivity contribution in [3.05, 3.63) is 3.95 Å². The lowest BCUT2D eigenvalue weighted by molar-refractivity contribution is 0.229. The van der Waals surface area contributed by atoms with Gasteiger partial charge in [0.05, 0.1) is 0 Å². The SMILES string of the molecule is CC1(C)CCCC(Nc2n[nH]c(=S)s2)C1. The highest BCUT2D eigenvalue weighted by Gasteiger charge is 2.28. The summed E-state index contributed by atoms with van der Waals surface area (Å²) in [6, 6.07) is 0.558. The van der Waals surface area contributed by atoms with Gasteiger partial charge in [0.15, 0.2) is 3.95 Å². The maximum absolute atomic E-state index is 5.01. The topological polar surface area (TPSA) is 40.7 Å². The van der Waals surface area contributed by atoms with Gasteiger partial charge in [0.25, 0.3) is 0 Å². The van der Waals surface area contributed by atoms with Gasteiger partial charge in [-0.05, 0) is 36.9 Å². The smallest absolute Gasteiger partial charge is 0.204 e. The van der Waals surface area contributed by atoms with Gasteiger partial charge in [-0.3, -0.25) is 5.10 Å². The number of hydrogen-bond acceptors (Lipinski definition) is 4. The molecule has 84 valence electrons. The fourth-order valence-corrected chi connectivity index (χ4v) is 3.15. The molecule has 5 heteroatoms. The third-order valence-corrected chi connectivity index (χ3v) is 3.99. The molecule has 2 N–H and O–H groups in total. The van der Waals surface area contributed by atoms with Crippen molar-refractivity contribution in [1.29, 1.82) is 0 Å². The summed E-state index contributed by atoms with van der Waals surface area (Å²) in [4.78, 5) is 0. The maximum Gasteiger partial charge on any atom is 0.204 e. The zero-order valence-electron chi connectivity index (χ0n) is 9.17. The quantitative estimate of drug-likeness (QED) is 0.780. The molecular formula is C10H17N3S2. The second kappa shape index (κ2) is 4.22. The van der Waals surface area contributed by atoms with E-state index in [0.717, 1.165) is 9.09 Å². The lowest BCUT2D eigenvalue weighted by atomic mass is 9.75. The number of rotatable bonds is 2. The zero-order chi connectivity index (χ0) is 10.9. The highest BCUT2D eigenvalue weighted by Crippen LogP contribution is 2.36. The van der Waals surface area contributed by atoms with Crippen LogP contribution in [0.5, 0.6) is 0 Å². The van der Waals surface area contributed by atoms with Gasteiger partial charge in [-0.2, -0.15) is 0 Å². The predicted molar refractivity (Wildman–Crippen MR) is 67.0 cm³/mol. The molecule has 1 aromatic rings. The number of nitrogens with zero attached hydrogens (tertiary/aromatic N) is 1. The summed E-state index contributed by atoms with van der Waals surface area (Å²) >= 11 is 6.52. The van der Waals surface area contributed by atoms with Gasteiger partial charge in [0, 0.05) is 6.04 Å². The Morgan fingerprint density at radius 2 is 2.40 bits per heavy atom. The average molecular weight is 243 g/mol. The van der Waals surface area contributed by atoms with Crippen LogP contribution < -0.4 is 5.32 Å².